The predicted octanol–water partition coefficient (Wildman–Crippen LogP) is 3.85. The fraction of sp³-hybridized carbons (Fsp3) is 0. The van der Waals surface area contributed by atoms with E-state index in [-0.39, 0.29) is 5.56 Å². The molecule has 4 aromatic rings. The quantitative estimate of drug-likeness (QED) is 0.580. The van der Waals surface area contributed by atoms with Crippen LogP contribution in [0.15, 0.2) is 47.3 Å². The highest BCUT2D eigenvalue weighted by Gasteiger charge is 2.12. The Morgan fingerprint density at radius 3 is 2.81 bits per heavy atom. The third-order valence-electron chi connectivity index (χ3n) is 3.15. The number of nitrogens with one attached hydrogen (secondary N) is 1. The van der Waals surface area contributed by atoms with Crippen LogP contribution in [0.25, 0.3) is 32.0 Å². The Bertz CT molecular complexity index is 1040. The van der Waals surface area contributed by atoms with Crippen molar-refractivity contribution in [2.75, 3.05) is 0 Å². The summed E-state index contributed by atoms with van der Waals surface area (Å²) < 4.78 is 0.976. The summed E-state index contributed by atoms with van der Waals surface area (Å²) in [7, 11) is 0. The molecule has 0 amide bonds. The van der Waals surface area contributed by atoms with Crippen LogP contribution in [0.3, 0.4) is 0 Å². The van der Waals surface area contributed by atoms with Gasteiger partial charge in [0.25, 0.3) is 5.56 Å². The van der Waals surface area contributed by atoms with E-state index in [4.69, 9.17) is 11.6 Å². The number of thiazole rings is 1. The number of rotatable bonds is 1. The summed E-state index contributed by atoms with van der Waals surface area (Å²) in [5, 5.41) is 1.22. The van der Waals surface area contributed by atoms with Gasteiger partial charge in [-0.15, -0.1) is 11.3 Å². The Kier molecular flexibility index (Phi) is 2.77. The molecule has 2 aromatic carbocycles. The number of benzene rings is 2. The molecule has 0 saturated carbocycles. The Labute approximate surface area is 128 Å². The molecule has 4 rings (SSSR count). The standard InChI is InChI=1S/C15H8ClN3OS/c16-8-5-6-12-11(7-8)19-15(21-12)13-14(20)18-10-4-2-1-3-9(10)17-13/h1-7H,(H,18,20). The van der Waals surface area contributed by atoms with Crippen molar-refractivity contribution in [1.82, 2.24) is 15.0 Å². The minimum Gasteiger partial charge on any atom is -0.319 e. The fourth-order valence-electron chi connectivity index (χ4n) is 2.18. The van der Waals surface area contributed by atoms with Crippen LogP contribution in [0.2, 0.25) is 5.02 Å². The van der Waals surface area contributed by atoms with Gasteiger partial charge in [0.05, 0.1) is 21.3 Å². The van der Waals surface area contributed by atoms with Gasteiger partial charge in [0.1, 0.15) is 5.01 Å². The molecular formula is C15H8ClN3OS. The average Bonchev–Trinajstić information content (AvgIpc) is 2.89. The number of hydrogen-bond donors (Lipinski definition) is 1. The molecule has 0 fully saturated rings. The van der Waals surface area contributed by atoms with Crippen molar-refractivity contribution < 1.29 is 0 Å². The van der Waals surface area contributed by atoms with Crippen molar-refractivity contribution >= 4 is 44.2 Å². The summed E-state index contributed by atoms with van der Waals surface area (Å²) in [6.07, 6.45) is 0. The topological polar surface area (TPSA) is 58.6 Å². The van der Waals surface area contributed by atoms with Gasteiger partial charge in [-0.25, -0.2) is 9.97 Å². The molecule has 0 radical (unpaired) electrons. The SMILES string of the molecule is O=c1[nH]c2ccccc2nc1-c1nc2cc(Cl)ccc2s1. The molecule has 0 aliphatic carbocycles. The van der Waals surface area contributed by atoms with Gasteiger partial charge in [-0.1, -0.05) is 23.7 Å². The van der Waals surface area contributed by atoms with Gasteiger partial charge in [-0.2, -0.15) is 0 Å². The number of aromatic nitrogens is 3. The predicted molar refractivity (Wildman–Crippen MR) is 86.0 cm³/mol. The van der Waals surface area contributed by atoms with E-state index in [2.05, 4.69) is 15.0 Å². The monoisotopic (exact) mass is 313 g/mol. The summed E-state index contributed by atoms with van der Waals surface area (Å²) in [5.41, 5.74) is 2.33. The van der Waals surface area contributed by atoms with Gasteiger partial charge in [0.15, 0.2) is 5.69 Å². The van der Waals surface area contributed by atoms with Crippen molar-refractivity contribution in [3.05, 3.63) is 57.8 Å². The van der Waals surface area contributed by atoms with E-state index in [1.165, 1.54) is 11.3 Å². The largest absolute Gasteiger partial charge is 0.319 e. The molecule has 0 saturated heterocycles. The van der Waals surface area contributed by atoms with Crippen LogP contribution in [0.1, 0.15) is 0 Å². The van der Waals surface area contributed by atoms with Crippen molar-refractivity contribution in [1.29, 1.82) is 0 Å². The van der Waals surface area contributed by atoms with Crippen molar-refractivity contribution in [3.63, 3.8) is 0 Å². The lowest BCUT2D eigenvalue weighted by atomic mass is 10.3. The van der Waals surface area contributed by atoms with Crippen molar-refractivity contribution in [2.45, 2.75) is 0 Å². The number of halogens is 1. The molecule has 0 bridgehead atoms. The van der Waals surface area contributed by atoms with E-state index in [0.29, 0.717) is 15.7 Å². The number of para-hydroxylation sites is 2. The van der Waals surface area contributed by atoms with Gasteiger partial charge >= 0.3 is 0 Å². The Morgan fingerprint density at radius 2 is 1.90 bits per heavy atom. The molecule has 2 aromatic heterocycles. The zero-order chi connectivity index (χ0) is 14.4. The molecule has 21 heavy (non-hydrogen) atoms. The molecular weight excluding hydrogens is 306 g/mol. The summed E-state index contributed by atoms with van der Waals surface area (Å²) in [4.78, 5) is 23.9. The van der Waals surface area contributed by atoms with Gasteiger partial charge in [0, 0.05) is 5.02 Å². The first-order valence-electron chi connectivity index (χ1n) is 6.26. The third-order valence-corrected chi connectivity index (χ3v) is 4.43. The second-order valence-electron chi connectivity index (χ2n) is 4.56. The normalized spacial score (nSPS) is 11.3. The minimum absolute atomic E-state index is 0.237. The van der Waals surface area contributed by atoms with Gasteiger partial charge < -0.3 is 4.98 Å². The van der Waals surface area contributed by atoms with Crippen LogP contribution in [0.5, 0.6) is 0 Å². The maximum absolute atomic E-state index is 12.2. The zero-order valence-corrected chi connectivity index (χ0v) is 12.2. The lowest BCUT2D eigenvalue weighted by Gasteiger charge is -1.98. The molecule has 0 aliphatic rings. The van der Waals surface area contributed by atoms with E-state index in [0.717, 1.165) is 21.3 Å². The van der Waals surface area contributed by atoms with E-state index < -0.39 is 0 Å². The van der Waals surface area contributed by atoms with E-state index in [9.17, 15) is 4.79 Å². The van der Waals surface area contributed by atoms with Crippen LogP contribution in [-0.4, -0.2) is 15.0 Å². The van der Waals surface area contributed by atoms with Crippen molar-refractivity contribution in [2.24, 2.45) is 0 Å². The first kappa shape index (κ1) is 12.5. The van der Waals surface area contributed by atoms with E-state index in [1.54, 1.807) is 6.07 Å². The Balaban J connectivity index is 1.99. The molecule has 4 nitrogen and oxygen atoms in total. The molecule has 0 aliphatic heterocycles. The van der Waals surface area contributed by atoms with E-state index >= 15 is 0 Å². The molecule has 0 atom stereocenters. The lowest BCUT2D eigenvalue weighted by molar-refractivity contribution is 1.21. The smallest absolute Gasteiger partial charge is 0.277 e. The average molecular weight is 314 g/mol. The maximum atomic E-state index is 12.2. The molecule has 102 valence electrons. The summed E-state index contributed by atoms with van der Waals surface area (Å²) in [6.45, 7) is 0. The highest BCUT2D eigenvalue weighted by molar-refractivity contribution is 7.21. The fourth-order valence-corrected chi connectivity index (χ4v) is 3.28. The molecule has 6 heteroatoms. The Hall–Kier alpha value is -2.24. The zero-order valence-electron chi connectivity index (χ0n) is 10.6. The third kappa shape index (κ3) is 2.11. The Morgan fingerprint density at radius 1 is 1.05 bits per heavy atom. The van der Waals surface area contributed by atoms with Crippen LogP contribution < -0.4 is 5.56 Å². The molecule has 0 unspecified atom stereocenters. The van der Waals surface area contributed by atoms with Crippen molar-refractivity contribution in [3.8, 4) is 10.7 Å². The van der Waals surface area contributed by atoms with Gasteiger partial charge in [0.2, 0.25) is 0 Å². The molecule has 1 N–H and O–H groups in total. The molecule has 2 heterocycles. The highest BCUT2D eigenvalue weighted by atomic mass is 35.5. The number of fused-ring (bicyclic) bond motifs is 2. The first-order chi connectivity index (χ1) is 10.2. The number of nitrogens with zero attached hydrogens (tertiary/aromatic N) is 2. The maximum Gasteiger partial charge on any atom is 0.277 e. The molecule has 0 spiro atoms. The highest BCUT2D eigenvalue weighted by Crippen LogP contribution is 2.29. The van der Waals surface area contributed by atoms with Gasteiger partial charge in [-0.3, -0.25) is 4.79 Å². The summed E-state index contributed by atoms with van der Waals surface area (Å²) >= 11 is 7.39. The van der Waals surface area contributed by atoms with Crippen LogP contribution in [-0.2, 0) is 0 Å². The second-order valence-corrected chi connectivity index (χ2v) is 6.03. The van der Waals surface area contributed by atoms with Gasteiger partial charge in [-0.05, 0) is 30.3 Å². The number of aromatic amines is 1. The lowest BCUT2D eigenvalue weighted by Crippen LogP contribution is -2.11. The summed E-state index contributed by atoms with van der Waals surface area (Å²) in [6, 6.07) is 12.9. The first-order valence-corrected chi connectivity index (χ1v) is 7.46. The van der Waals surface area contributed by atoms with E-state index in [1.807, 2.05) is 36.4 Å². The number of H-pyrrole nitrogens is 1. The van der Waals surface area contributed by atoms with Crippen LogP contribution in [0.4, 0.5) is 0 Å². The second kappa shape index (κ2) is 4.65. The minimum atomic E-state index is -0.237. The number of hydrogen-bond acceptors (Lipinski definition) is 4. The van der Waals surface area contributed by atoms with Crippen LogP contribution in [0, 0.1) is 0 Å². The van der Waals surface area contributed by atoms with Crippen LogP contribution >= 0.6 is 22.9 Å². The summed E-state index contributed by atoms with van der Waals surface area (Å²) in [5.74, 6) is 0.